The van der Waals surface area contributed by atoms with Crippen molar-refractivity contribution >= 4 is 28.5 Å². The maximum Gasteiger partial charge on any atom is 0.226 e. The first-order valence-corrected chi connectivity index (χ1v) is 8.47. The second-order valence-electron chi connectivity index (χ2n) is 5.95. The molecule has 0 atom stereocenters. The highest BCUT2D eigenvalue weighted by Crippen LogP contribution is 2.30. The van der Waals surface area contributed by atoms with E-state index in [0.29, 0.717) is 5.02 Å². The Balaban J connectivity index is 1.91. The molecule has 4 heteroatoms. The average molecular weight is 324 g/mol. The molecule has 1 aliphatic heterocycles. The molecule has 2 heterocycles. The monoisotopic (exact) mass is 323 g/mol. The van der Waals surface area contributed by atoms with Crippen LogP contribution >= 0.6 is 11.6 Å². The smallest absolute Gasteiger partial charge is 0.226 e. The molecule has 0 bridgehead atoms. The summed E-state index contributed by atoms with van der Waals surface area (Å²) in [5.41, 5.74) is 3.00. The molecule has 0 aliphatic carbocycles. The predicted molar refractivity (Wildman–Crippen MR) is 96.0 cm³/mol. The summed E-state index contributed by atoms with van der Waals surface area (Å²) in [6, 6.07) is 16.1. The number of aromatic nitrogens is 2. The van der Waals surface area contributed by atoms with Gasteiger partial charge in [0.1, 0.15) is 0 Å². The minimum Gasteiger partial charge on any atom is -0.341 e. The van der Waals surface area contributed by atoms with E-state index in [0.717, 1.165) is 41.2 Å². The van der Waals surface area contributed by atoms with Gasteiger partial charge in [-0.05, 0) is 37.5 Å². The first-order valence-electron chi connectivity index (χ1n) is 8.09. The van der Waals surface area contributed by atoms with Crippen LogP contribution in [0.1, 0.15) is 19.3 Å². The Morgan fingerprint density at radius 3 is 2.43 bits per heavy atom. The van der Waals surface area contributed by atoms with Crippen LogP contribution in [0.2, 0.25) is 5.02 Å². The van der Waals surface area contributed by atoms with Gasteiger partial charge in [-0.25, -0.2) is 9.97 Å². The molecule has 1 fully saturated rings. The van der Waals surface area contributed by atoms with E-state index in [1.54, 1.807) is 0 Å². The van der Waals surface area contributed by atoms with Gasteiger partial charge in [-0.3, -0.25) is 0 Å². The highest BCUT2D eigenvalue weighted by atomic mass is 35.5. The number of rotatable bonds is 2. The van der Waals surface area contributed by atoms with Gasteiger partial charge in [-0.1, -0.05) is 41.9 Å². The summed E-state index contributed by atoms with van der Waals surface area (Å²) in [4.78, 5) is 12.0. The van der Waals surface area contributed by atoms with Crippen LogP contribution in [-0.2, 0) is 0 Å². The second kappa shape index (κ2) is 6.17. The van der Waals surface area contributed by atoms with E-state index in [1.165, 1.54) is 19.3 Å². The molecule has 1 aliphatic rings. The van der Waals surface area contributed by atoms with Gasteiger partial charge in [0.15, 0.2) is 0 Å². The van der Waals surface area contributed by atoms with Gasteiger partial charge in [-0.2, -0.15) is 0 Å². The van der Waals surface area contributed by atoms with E-state index >= 15 is 0 Å². The van der Waals surface area contributed by atoms with Gasteiger partial charge in [-0.15, -0.1) is 0 Å². The van der Waals surface area contributed by atoms with Crippen molar-refractivity contribution in [3.8, 4) is 11.3 Å². The lowest BCUT2D eigenvalue weighted by atomic mass is 10.1. The topological polar surface area (TPSA) is 29.0 Å². The lowest BCUT2D eigenvalue weighted by molar-refractivity contribution is 0.569. The number of hydrogen-bond acceptors (Lipinski definition) is 3. The highest BCUT2D eigenvalue weighted by molar-refractivity contribution is 6.31. The second-order valence-corrected chi connectivity index (χ2v) is 6.38. The Labute approximate surface area is 140 Å². The van der Waals surface area contributed by atoms with E-state index in [4.69, 9.17) is 21.6 Å². The van der Waals surface area contributed by atoms with Gasteiger partial charge >= 0.3 is 0 Å². The zero-order chi connectivity index (χ0) is 15.6. The maximum absolute atomic E-state index is 6.20. The molecule has 4 rings (SSSR count). The summed E-state index contributed by atoms with van der Waals surface area (Å²) in [7, 11) is 0. The summed E-state index contributed by atoms with van der Waals surface area (Å²) in [6.45, 7) is 2.07. The third kappa shape index (κ3) is 2.89. The standard InChI is InChI=1S/C19H18ClN3/c20-15-9-10-17-16(13-15)18(14-7-3-1-4-8-14)22-19(21-17)23-11-5-2-6-12-23/h1,3-4,7-10,13H,2,5-6,11-12H2. The fourth-order valence-electron chi connectivity index (χ4n) is 3.14. The van der Waals surface area contributed by atoms with Crippen molar-refractivity contribution in [3.05, 3.63) is 53.6 Å². The minimum absolute atomic E-state index is 0.712. The lowest BCUT2D eigenvalue weighted by Gasteiger charge is -2.27. The highest BCUT2D eigenvalue weighted by Gasteiger charge is 2.17. The SMILES string of the molecule is Clc1ccc2nc(N3CCCCC3)nc(-c3ccccc3)c2c1. The van der Waals surface area contributed by atoms with Crippen molar-refractivity contribution in [2.75, 3.05) is 18.0 Å². The number of halogens is 1. The van der Waals surface area contributed by atoms with Crippen LogP contribution in [0, 0.1) is 0 Å². The molecular weight excluding hydrogens is 306 g/mol. The van der Waals surface area contributed by atoms with E-state index in [2.05, 4.69) is 17.0 Å². The average Bonchev–Trinajstić information content (AvgIpc) is 2.62. The van der Waals surface area contributed by atoms with Crippen molar-refractivity contribution in [1.82, 2.24) is 9.97 Å². The van der Waals surface area contributed by atoms with E-state index in [1.807, 2.05) is 36.4 Å². The van der Waals surface area contributed by atoms with Crippen LogP contribution in [0.15, 0.2) is 48.5 Å². The summed E-state index contributed by atoms with van der Waals surface area (Å²) >= 11 is 6.20. The molecule has 3 aromatic rings. The first kappa shape index (κ1) is 14.5. The molecule has 23 heavy (non-hydrogen) atoms. The summed E-state index contributed by atoms with van der Waals surface area (Å²) < 4.78 is 0. The van der Waals surface area contributed by atoms with Crippen molar-refractivity contribution in [3.63, 3.8) is 0 Å². The van der Waals surface area contributed by atoms with Gasteiger partial charge in [0, 0.05) is 29.1 Å². The first-order chi connectivity index (χ1) is 11.3. The van der Waals surface area contributed by atoms with Crippen LogP contribution in [0.5, 0.6) is 0 Å². The Morgan fingerprint density at radius 1 is 0.870 bits per heavy atom. The molecule has 116 valence electrons. The zero-order valence-corrected chi connectivity index (χ0v) is 13.6. The molecule has 0 radical (unpaired) electrons. The van der Waals surface area contributed by atoms with Crippen molar-refractivity contribution in [1.29, 1.82) is 0 Å². The largest absolute Gasteiger partial charge is 0.341 e. The molecule has 0 spiro atoms. The summed E-state index contributed by atoms with van der Waals surface area (Å²) in [5, 5.41) is 1.72. The molecule has 2 aromatic carbocycles. The molecular formula is C19H18ClN3. The zero-order valence-electron chi connectivity index (χ0n) is 12.9. The van der Waals surface area contributed by atoms with Crippen LogP contribution in [0.25, 0.3) is 22.2 Å². The molecule has 3 nitrogen and oxygen atoms in total. The fourth-order valence-corrected chi connectivity index (χ4v) is 3.31. The molecule has 0 unspecified atom stereocenters. The lowest BCUT2D eigenvalue weighted by Crippen LogP contribution is -2.31. The normalized spacial score (nSPS) is 15.1. The molecule has 0 N–H and O–H groups in total. The number of nitrogens with zero attached hydrogens (tertiary/aromatic N) is 3. The molecule has 1 saturated heterocycles. The molecule has 0 saturated carbocycles. The van der Waals surface area contributed by atoms with E-state index < -0.39 is 0 Å². The summed E-state index contributed by atoms with van der Waals surface area (Å²) in [5.74, 6) is 0.832. The number of fused-ring (bicyclic) bond motifs is 1. The van der Waals surface area contributed by atoms with Crippen molar-refractivity contribution < 1.29 is 0 Å². The van der Waals surface area contributed by atoms with E-state index in [9.17, 15) is 0 Å². The Bertz CT molecular complexity index is 827. The van der Waals surface area contributed by atoms with Crippen LogP contribution in [0.4, 0.5) is 5.95 Å². The third-order valence-electron chi connectivity index (χ3n) is 4.33. The Morgan fingerprint density at radius 2 is 1.65 bits per heavy atom. The maximum atomic E-state index is 6.20. The number of hydrogen-bond donors (Lipinski definition) is 0. The minimum atomic E-state index is 0.712. The predicted octanol–water partition coefficient (Wildman–Crippen LogP) is 4.94. The van der Waals surface area contributed by atoms with Gasteiger partial charge in [0.25, 0.3) is 0 Å². The van der Waals surface area contributed by atoms with Crippen LogP contribution in [-0.4, -0.2) is 23.1 Å². The van der Waals surface area contributed by atoms with Gasteiger partial charge in [0.2, 0.25) is 5.95 Å². The Hall–Kier alpha value is -2.13. The van der Waals surface area contributed by atoms with Crippen molar-refractivity contribution in [2.24, 2.45) is 0 Å². The number of benzene rings is 2. The van der Waals surface area contributed by atoms with Crippen molar-refractivity contribution in [2.45, 2.75) is 19.3 Å². The molecule has 1 aromatic heterocycles. The number of piperidine rings is 1. The third-order valence-corrected chi connectivity index (χ3v) is 4.57. The number of anilines is 1. The van der Waals surface area contributed by atoms with Gasteiger partial charge in [0.05, 0.1) is 11.2 Å². The van der Waals surface area contributed by atoms with Crippen LogP contribution < -0.4 is 4.90 Å². The fraction of sp³-hybridized carbons (Fsp3) is 0.263. The van der Waals surface area contributed by atoms with E-state index in [-0.39, 0.29) is 0 Å². The quantitative estimate of drug-likeness (QED) is 0.669. The van der Waals surface area contributed by atoms with Gasteiger partial charge < -0.3 is 4.90 Å². The summed E-state index contributed by atoms with van der Waals surface area (Å²) in [6.07, 6.45) is 3.72. The molecule has 0 amide bonds. The van der Waals surface area contributed by atoms with Crippen LogP contribution in [0.3, 0.4) is 0 Å². The Kier molecular flexibility index (Phi) is 3.88.